The monoisotopic (exact) mass is 931 g/mol. The molecule has 65 heavy (non-hydrogen) atoms. The largest absolute Gasteiger partial charge is 0.381 e. The molecule has 7 nitrogen and oxygen atoms in total. The zero-order chi connectivity index (χ0) is 50.2. The number of rotatable bonds is 42. The third-order valence-electron chi connectivity index (χ3n) is 16.1. The van der Waals surface area contributed by atoms with Crippen LogP contribution in [0.15, 0.2) is 0 Å². The molecule has 0 bridgehead atoms. The Hall–Kier alpha value is -0.280. The maximum absolute atomic E-state index is 6.30. The Kier molecular flexibility index (Phi) is 45.2. The van der Waals surface area contributed by atoms with Gasteiger partial charge in [-0.3, -0.25) is 0 Å². The highest BCUT2D eigenvalue weighted by atomic mass is 16.5. The molecular weight excluding hydrogens is 809 g/mol. The highest BCUT2D eigenvalue weighted by Gasteiger charge is 2.32. The van der Waals surface area contributed by atoms with Gasteiger partial charge in [0.2, 0.25) is 0 Å². The van der Waals surface area contributed by atoms with Crippen molar-refractivity contribution in [3.63, 3.8) is 0 Å². The first-order valence-electron chi connectivity index (χ1n) is 28.0. The molecule has 396 valence electrons. The van der Waals surface area contributed by atoms with E-state index in [2.05, 4.69) is 138 Å². The van der Waals surface area contributed by atoms with Crippen molar-refractivity contribution in [2.24, 2.45) is 57.2 Å². The van der Waals surface area contributed by atoms with Crippen molar-refractivity contribution in [2.45, 2.75) is 228 Å². The fourth-order valence-electron chi connectivity index (χ4n) is 8.06. The van der Waals surface area contributed by atoms with Crippen LogP contribution in [0.4, 0.5) is 0 Å². The van der Waals surface area contributed by atoms with Gasteiger partial charge in [0.15, 0.2) is 0 Å². The van der Waals surface area contributed by atoms with Crippen molar-refractivity contribution >= 4 is 0 Å². The lowest BCUT2D eigenvalue weighted by Crippen LogP contribution is -2.36. The van der Waals surface area contributed by atoms with Crippen LogP contribution in [-0.4, -0.2) is 92.5 Å². The molecule has 0 radical (unpaired) electrons. The summed E-state index contributed by atoms with van der Waals surface area (Å²) in [5.74, 6) is 2.91. The predicted octanol–water partition coefficient (Wildman–Crippen LogP) is 16.6. The lowest BCUT2D eigenvalue weighted by molar-refractivity contribution is -0.0693. The molecule has 0 N–H and O–H groups in total. The first-order chi connectivity index (χ1) is 30.9. The molecular formula is C58H122O7. The van der Waals surface area contributed by atoms with Gasteiger partial charge in [-0.25, -0.2) is 0 Å². The van der Waals surface area contributed by atoms with Gasteiger partial charge in [0.1, 0.15) is 0 Å². The van der Waals surface area contributed by atoms with Gasteiger partial charge in [0.25, 0.3) is 0 Å². The second-order valence-corrected chi connectivity index (χ2v) is 21.4. The predicted molar refractivity (Wildman–Crippen MR) is 285 cm³/mol. The molecule has 0 aliphatic heterocycles. The van der Waals surface area contributed by atoms with E-state index in [9.17, 15) is 0 Å². The van der Waals surface area contributed by atoms with Crippen molar-refractivity contribution in [1.29, 1.82) is 0 Å². The molecule has 0 amide bonds. The Labute approximate surface area is 409 Å². The van der Waals surface area contributed by atoms with Crippen LogP contribution in [0.3, 0.4) is 0 Å². The minimum absolute atomic E-state index is 0.169. The Morgan fingerprint density at radius 2 is 0.385 bits per heavy atom. The van der Waals surface area contributed by atoms with E-state index >= 15 is 0 Å². The fourth-order valence-corrected chi connectivity index (χ4v) is 8.06. The summed E-state index contributed by atoms with van der Waals surface area (Å²) >= 11 is 0. The molecule has 0 fully saturated rings. The van der Waals surface area contributed by atoms with E-state index in [0.29, 0.717) is 51.8 Å². The lowest BCUT2D eigenvalue weighted by atomic mass is 9.78. The summed E-state index contributed by atoms with van der Waals surface area (Å²) in [6, 6.07) is 0. The van der Waals surface area contributed by atoms with Gasteiger partial charge < -0.3 is 33.2 Å². The normalized spacial score (nSPS) is 15.3. The van der Waals surface area contributed by atoms with Crippen LogP contribution in [0.25, 0.3) is 0 Å². The van der Waals surface area contributed by atoms with Crippen LogP contribution < -0.4 is 0 Å². The molecule has 0 aliphatic rings. The van der Waals surface area contributed by atoms with E-state index in [-0.39, 0.29) is 5.41 Å². The highest BCUT2D eigenvalue weighted by molar-refractivity contribution is 4.81. The molecule has 0 rings (SSSR count). The van der Waals surface area contributed by atoms with Crippen molar-refractivity contribution in [1.82, 2.24) is 0 Å². The van der Waals surface area contributed by atoms with Gasteiger partial charge in [-0.1, -0.05) is 177 Å². The summed E-state index contributed by atoms with van der Waals surface area (Å²) < 4.78 is 41.7. The first-order valence-corrected chi connectivity index (χ1v) is 28.0. The summed E-state index contributed by atoms with van der Waals surface area (Å²) in [5, 5.41) is 0. The van der Waals surface area contributed by atoms with Crippen LogP contribution >= 0.6 is 0 Å². The molecule has 7 heteroatoms. The van der Waals surface area contributed by atoms with Gasteiger partial charge in [0.05, 0.1) is 79.3 Å². The van der Waals surface area contributed by atoms with Gasteiger partial charge in [-0.15, -0.1) is 0 Å². The Balaban J connectivity index is -0.00000101. The molecule has 0 aromatic heterocycles. The summed E-state index contributed by atoms with van der Waals surface area (Å²) in [5.41, 5.74) is 1.55. The van der Waals surface area contributed by atoms with Crippen LogP contribution in [0.1, 0.15) is 228 Å². The van der Waals surface area contributed by atoms with Crippen molar-refractivity contribution in [2.75, 3.05) is 92.5 Å². The molecule has 6 atom stereocenters. The quantitative estimate of drug-likeness (QED) is 0.0604. The molecule has 0 aromatic carbocycles. The average molecular weight is 932 g/mol. The Bertz CT molecular complexity index is 877. The van der Waals surface area contributed by atoms with Crippen LogP contribution in [-0.2, 0) is 33.2 Å². The maximum atomic E-state index is 6.30. The van der Waals surface area contributed by atoms with E-state index in [0.717, 1.165) is 105 Å². The third-order valence-corrected chi connectivity index (χ3v) is 16.1. The van der Waals surface area contributed by atoms with E-state index in [1.165, 1.54) is 77.0 Å². The molecule has 0 aliphatic carbocycles. The molecule has 0 saturated heterocycles. The summed E-state index contributed by atoms with van der Waals surface area (Å²) in [7, 11) is 0. The maximum Gasteiger partial charge on any atom is 0.0544 e. The summed E-state index contributed by atoms with van der Waals surface area (Å²) in [6.45, 7) is 56.2. The number of hydrogen-bond donors (Lipinski definition) is 0. The summed E-state index contributed by atoms with van der Waals surface area (Å²) in [6.07, 6.45) is 17.2. The molecule has 0 spiro atoms. The van der Waals surface area contributed by atoms with E-state index in [1.807, 2.05) is 0 Å². The van der Waals surface area contributed by atoms with E-state index < -0.39 is 0 Å². The topological polar surface area (TPSA) is 64.6 Å². The zero-order valence-corrected chi connectivity index (χ0v) is 48.1. The smallest absolute Gasteiger partial charge is 0.0544 e. The minimum atomic E-state index is 0.169. The number of ether oxygens (including phenoxy) is 7. The summed E-state index contributed by atoms with van der Waals surface area (Å²) in [4.78, 5) is 0. The molecule has 0 saturated carbocycles. The first kappa shape index (κ1) is 69.0. The number of hydrogen-bond acceptors (Lipinski definition) is 7. The lowest BCUT2D eigenvalue weighted by Gasteiger charge is -2.37. The Morgan fingerprint density at radius 3 is 0.538 bits per heavy atom. The minimum Gasteiger partial charge on any atom is -0.381 e. The second kappa shape index (κ2) is 42.6. The SMILES string of the molecule is CCC(C)COCC(C)COCC(C)COCC(C)COCC(C)COCC(C)CC.CCC(CC)(CC)CC.CCC(CC)(CC)COCC(CC)(CC)COCC(CC)(CC)CC. The van der Waals surface area contributed by atoms with Gasteiger partial charge in [-0.2, -0.15) is 0 Å². The van der Waals surface area contributed by atoms with Crippen LogP contribution in [0.5, 0.6) is 0 Å². The molecule has 6 unspecified atom stereocenters. The fraction of sp³-hybridized carbons (Fsp3) is 1.00. The molecule has 0 aromatic rings. The van der Waals surface area contributed by atoms with Crippen molar-refractivity contribution < 1.29 is 33.2 Å². The van der Waals surface area contributed by atoms with Crippen molar-refractivity contribution in [3.8, 4) is 0 Å². The Morgan fingerprint density at radius 1 is 0.215 bits per heavy atom. The van der Waals surface area contributed by atoms with Crippen LogP contribution in [0.2, 0.25) is 0 Å². The van der Waals surface area contributed by atoms with Gasteiger partial charge in [0, 0.05) is 42.3 Å². The van der Waals surface area contributed by atoms with Gasteiger partial charge in [-0.05, 0) is 79.4 Å². The van der Waals surface area contributed by atoms with Crippen molar-refractivity contribution in [3.05, 3.63) is 0 Å². The van der Waals surface area contributed by atoms with E-state index in [4.69, 9.17) is 33.2 Å². The van der Waals surface area contributed by atoms with E-state index in [1.54, 1.807) is 0 Å². The zero-order valence-electron chi connectivity index (χ0n) is 48.1. The highest BCUT2D eigenvalue weighted by Crippen LogP contribution is 2.36. The van der Waals surface area contributed by atoms with Gasteiger partial charge >= 0.3 is 0 Å². The van der Waals surface area contributed by atoms with Crippen LogP contribution in [0, 0.1) is 57.2 Å². The third kappa shape index (κ3) is 33.0. The standard InChI is InChI=1S/C26H54O5.C23H48O2.C9H20/c1-9-21(3)11-27-13-23(5)15-29-17-25(7)19-31-20-26(8)18-30-16-24(6)14-28-12-22(4)10-2;1-9-21(10-2,11-3)17-24-19-23(15-7,16-8)20-25-18-22(12-4,13-5)14-6;1-5-9(6-2,7-3)8-4/h21-26H,9-20H2,1-8H3;9-20H2,1-8H3;5-8H2,1-4H3. The molecule has 0 heterocycles. The second-order valence-electron chi connectivity index (χ2n) is 21.4. The average Bonchev–Trinajstić information content (AvgIpc) is 3.32.